The summed E-state index contributed by atoms with van der Waals surface area (Å²) in [6.07, 6.45) is 5.18. The molecule has 0 aromatic carbocycles. The van der Waals surface area contributed by atoms with Crippen molar-refractivity contribution >= 4 is 29.7 Å². The first-order valence-corrected chi connectivity index (χ1v) is 9.96. The van der Waals surface area contributed by atoms with E-state index in [4.69, 9.17) is 10.8 Å². The van der Waals surface area contributed by atoms with Crippen LogP contribution in [0.25, 0.3) is 0 Å². The van der Waals surface area contributed by atoms with Crippen molar-refractivity contribution in [1.82, 2.24) is 16.0 Å². The Balaban J connectivity index is 1.46. The normalized spacial score (nSPS) is 25.8. The number of urea groups is 1. The lowest BCUT2D eigenvalue weighted by molar-refractivity contribution is -0.138. The van der Waals surface area contributed by atoms with E-state index in [2.05, 4.69) is 16.0 Å². The van der Waals surface area contributed by atoms with E-state index in [1.165, 1.54) is 0 Å². The van der Waals surface area contributed by atoms with Crippen LogP contribution in [0, 0.1) is 0 Å². The Morgan fingerprint density at radius 2 is 2.08 bits per heavy atom. The number of carboxylic acid groups (broad SMARTS) is 1. The van der Waals surface area contributed by atoms with E-state index in [1.807, 2.05) is 11.8 Å². The Bertz CT molecular complexity index is 491. The van der Waals surface area contributed by atoms with Gasteiger partial charge >= 0.3 is 12.0 Å². The second-order valence-corrected chi connectivity index (χ2v) is 7.93. The highest BCUT2D eigenvalue weighted by molar-refractivity contribution is 8.00. The first kappa shape index (κ1) is 19.8. The van der Waals surface area contributed by atoms with Crippen LogP contribution in [0.15, 0.2) is 0 Å². The molecule has 9 heteroatoms. The predicted octanol–water partition coefficient (Wildman–Crippen LogP) is 0.411. The summed E-state index contributed by atoms with van der Waals surface area (Å²) in [5.74, 6) is 0.0131. The number of thioether (sulfide) groups is 1. The van der Waals surface area contributed by atoms with Crippen molar-refractivity contribution in [2.45, 2.75) is 68.3 Å². The molecular weight excluding hydrogens is 344 g/mol. The molecule has 142 valence electrons. The van der Waals surface area contributed by atoms with E-state index in [0.29, 0.717) is 31.1 Å². The minimum Gasteiger partial charge on any atom is -0.480 e. The number of unbranched alkanes of at least 4 members (excludes halogenated alkanes) is 2. The van der Waals surface area contributed by atoms with Crippen LogP contribution in [0.3, 0.4) is 0 Å². The number of carbonyl (C=O) groups excluding carboxylic acids is 2. The molecule has 0 bridgehead atoms. The fourth-order valence-corrected chi connectivity index (χ4v) is 4.75. The van der Waals surface area contributed by atoms with Gasteiger partial charge in [0.1, 0.15) is 6.04 Å². The maximum atomic E-state index is 11.8. The average Bonchev–Trinajstić information content (AvgIpc) is 3.10. The minimum absolute atomic E-state index is 0.0373. The third kappa shape index (κ3) is 6.39. The fraction of sp³-hybridized carbons (Fsp3) is 0.812. The van der Waals surface area contributed by atoms with Gasteiger partial charge in [-0.1, -0.05) is 6.42 Å². The molecule has 0 radical (unpaired) electrons. The molecule has 1 unspecified atom stereocenters. The van der Waals surface area contributed by atoms with Gasteiger partial charge in [-0.3, -0.25) is 9.59 Å². The van der Waals surface area contributed by atoms with Crippen LogP contribution in [-0.2, 0) is 9.59 Å². The maximum absolute atomic E-state index is 11.8. The van der Waals surface area contributed by atoms with Gasteiger partial charge in [0, 0.05) is 24.0 Å². The summed E-state index contributed by atoms with van der Waals surface area (Å²) in [5.41, 5.74) is 5.42. The van der Waals surface area contributed by atoms with Crippen LogP contribution in [0.5, 0.6) is 0 Å². The molecule has 2 heterocycles. The van der Waals surface area contributed by atoms with Crippen molar-refractivity contribution in [2.24, 2.45) is 5.73 Å². The van der Waals surface area contributed by atoms with E-state index in [9.17, 15) is 14.4 Å². The summed E-state index contributed by atoms with van der Waals surface area (Å²) in [7, 11) is 0. The molecule has 2 fully saturated rings. The van der Waals surface area contributed by atoms with E-state index in [1.54, 1.807) is 0 Å². The lowest BCUT2D eigenvalue weighted by Crippen LogP contribution is -2.36. The van der Waals surface area contributed by atoms with Gasteiger partial charge in [0.05, 0.1) is 12.1 Å². The van der Waals surface area contributed by atoms with Crippen LogP contribution in [-0.4, -0.2) is 58.7 Å². The monoisotopic (exact) mass is 372 g/mol. The van der Waals surface area contributed by atoms with E-state index in [-0.39, 0.29) is 24.0 Å². The van der Waals surface area contributed by atoms with Gasteiger partial charge in [0.25, 0.3) is 0 Å². The van der Waals surface area contributed by atoms with Crippen molar-refractivity contribution in [1.29, 1.82) is 0 Å². The summed E-state index contributed by atoms with van der Waals surface area (Å²) in [5, 5.41) is 17.9. The number of nitrogens with one attached hydrogen (secondary N) is 3. The Labute approximate surface area is 152 Å². The highest BCUT2D eigenvalue weighted by atomic mass is 32.2. The minimum atomic E-state index is -0.983. The zero-order valence-corrected chi connectivity index (χ0v) is 15.1. The van der Waals surface area contributed by atoms with Crippen molar-refractivity contribution < 1.29 is 19.5 Å². The maximum Gasteiger partial charge on any atom is 0.320 e. The van der Waals surface area contributed by atoms with Crippen molar-refractivity contribution in [3.63, 3.8) is 0 Å². The zero-order chi connectivity index (χ0) is 18.2. The number of carbonyl (C=O) groups is 3. The number of hydrogen-bond acceptors (Lipinski definition) is 5. The number of aliphatic carboxylic acids is 1. The smallest absolute Gasteiger partial charge is 0.320 e. The second-order valence-electron chi connectivity index (χ2n) is 6.66. The van der Waals surface area contributed by atoms with E-state index < -0.39 is 12.0 Å². The van der Waals surface area contributed by atoms with Crippen LogP contribution < -0.4 is 21.7 Å². The molecule has 2 aliphatic heterocycles. The van der Waals surface area contributed by atoms with E-state index in [0.717, 1.165) is 31.4 Å². The van der Waals surface area contributed by atoms with Gasteiger partial charge in [-0.2, -0.15) is 11.8 Å². The molecule has 0 aromatic heterocycles. The van der Waals surface area contributed by atoms with E-state index >= 15 is 0 Å². The first-order chi connectivity index (χ1) is 12.0. The summed E-state index contributed by atoms with van der Waals surface area (Å²) < 4.78 is 0. The number of hydrogen-bond donors (Lipinski definition) is 5. The zero-order valence-electron chi connectivity index (χ0n) is 14.3. The standard InChI is InChI=1S/C16H28N4O4S/c17-10(15(22)23)5-3-4-8-18-13(21)7-2-1-6-12-14-11(9-25-12)19-16(24)20-14/h10-12,14H,1-9,17H2,(H,18,21)(H,22,23)(H2,19,20,24)/t10?,11-,12-,14-/m0/s1. The molecule has 25 heavy (non-hydrogen) atoms. The SMILES string of the molecule is NC(CCCCNC(=O)CCCC[C@@H]1SC[C@@H]2NC(=O)N[C@@H]21)C(=O)O. The number of amides is 3. The number of nitrogens with two attached hydrogens (primary N) is 1. The van der Waals surface area contributed by atoms with Gasteiger partial charge in [-0.15, -0.1) is 0 Å². The molecule has 2 saturated heterocycles. The van der Waals surface area contributed by atoms with Crippen LogP contribution in [0.2, 0.25) is 0 Å². The summed E-state index contributed by atoms with van der Waals surface area (Å²) in [6, 6.07) is -0.406. The molecule has 6 N–H and O–H groups in total. The lowest BCUT2D eigenvalue weighted by Gasteiger charge is -2.16. The summed E-state index contributed by atoms with van der Waals surface area (Å²) >= 11 is 1.89. The Morgan fingerprint density at radius 1 is 1.28 bits per heavy atom. The summed E-state index contributed by atoms with van der Waals surface area (Å²) in [6.45, 7) is 0.561. The molecule has 2 aliphatic rings. The number of carboxylic acids is 1. The van der Waals surface area contributed by atoms with Gasteiger partial charge in [0.2, 0.25) is 5.91 Å². The number of fused-ring (bicyclic) bond motifs is 1. The average molecular weight is 372 g/mol. The van der Waals surface area contributed by atoms with Gasteiger partial charge < -0.3 is 26.8 Å². The summed E-state index contributed by atoms with van der Waals surface area (Å²) in [4.78, 5) is 33.7. The third-order valence-electron chi connectivity index (χ3n) is 4.66. The molecule has 0 aliphatic carbocycles. The van der Waals surface area contributed by atoms with Crippen LogP contribution in [0.4, 0.5) is 4.79 Å². The Kier molecular flexibility index (Phi) is 7.83. The highest BCUT2D eigenvalue weighted by Gasteiger charge is 2.42. The molecular formula is C16H28N4O4S. The molecule has 0 spiro atoms. The second kappa shape index (κ2) is 9.86. The highest BCUT2D eigenvalue weighted by Crippen LogP contribution is 2.33. The van der Waals surface area contributed by atoms with Crippen molar-refractivity contribution in [3.05, 3.63) is 0 Å². The Morgan fingerprint density at radius 3 is 2.84 bits per heavy atom. The molecule has 0 saturated carbocycles. The molecule has 2 rings (SSSR count). The quantitative estimate of drug-likeness (QED) is 0.263. The first-order valence-electron chi connectivity index (χ1n) is 8.91. The lowest BCUT2D eigenvalue weighted by atomic mass is 10.0. The largest absolute Gasteiger partial charge is 0.480 e. The van der Waals surface area contributed by atoms with Crippen molar-refractivity contribution in [2.75, 3.05) is 12.3 Å². The number of rotatable bonds is 11. The third-order valence-corrected chi connectivity index (χ3v) is 6.17. The van der Waals surface area contributed by atoms with Crippen LogP contribution >= 0.6 is 11.8 Å². The topological polar surface area (TPSA) is 134 Å². The van der Waals surface area contributed by atoms with Crippen molar-refractivity contribution in [3.8, 4) is 0 Å². The van der Waals surface area contributed by atoms with Gasteiger partial charge in [-0.05, 0) is 32.1 Å². The molecule has 8 nitrogen and oxygen atoms in total. The van der Waals surface area contributed by atoms with Gasteiger partial charge in [-0.25, -0.2) is 4.79 Å². The van der Waals surface area contributed by atoms with Crippen LogP contribution in [0.1, 0.15) is 44.9 Å². The fourth-order valence-electron chi connectivity index (χ4n) is 3.20. The predicted molar refractivity (Wildman–Crippen MR) is 96.4 cm³/mol. The van der Waals surface area contributed by atoms with Gasteiger partial charge in [0.15, 0.2) is 0 Å². The molecule has 4 atom stereocenters. The molecule has 3 amide bonds. The molecule has 0 aromatic rings. The Hall–Kier alpha value is -1.48.